The number of rotatable bonds is 4. The number of carboxylic acids is 1. The maximum atomic E-state index is 10.6. The number of aliphatic carboxylic acids is 1. The highest BCUT2D eigenvalue weighted by Crippen LogP contribution is 2.43. The molecule has 0 spiro atoms. The van der Waals surface area contributed by atoms with Gasteiger partial charge in [0.25, 0.3) is 0 Å². The van der Waals surface area contributed by atoms with Crippen LogP contribution in [0.25, 0.3) is 0 Å². The molecule has 0 bridgehead atoms. The third kappa shape index (κ3) is 3.70. The Hall–Kier alpha value is -2.87. The van der Waals surface area contributed by atoms with Crippen molar-refractivity contribution < 1.29 is 14.6 Å². The van der Waals surface area contributed by atoms with E-state index in [1.54, 1.807) is 0 Å². The molecule has 0 saturated carbocycles. The molecule has 5 nitrogen and oxygen atoms in total. The summed E-state index contributed by atoms with van der Waals surface area (Å²) < 4.78 is 5.82. The average Bonchev–Trinajstić information content (AvgIpc) is 2.66. The van der Waals surface area contributed by atoms with Gasteiger partial charge in [-0.15, -0.1) is 0 Å². The Bertz CT molecular complexity index is 859. The van der Waals surface area contributed by atoms with E-state index in [1.165, 1.54) is 18.0 Å². The van der Waals surface area contributed by atoms with Gasteiger partial charge in [0.1, 0.15) is 11.6 Å². The predicted molar refractivity (Wildman–Crippen MR) is 95.5 cm³/mol. The van der Waals surface area contributed by atoms with E-state index in [-0.39, 0.29) is 17.7 Å². The van der Waals surface area contributed by atoms with Crippen molar-refractivity contribution in [3.63, 3.8) is 0 Å². The Balaban J connectivity index is 1.86. The molecule has 0 fully saturated rings. The average molecular weight is 349 g/mol. The molecule has 0 radical (unpaired) electrons. The summed E-state index contributed by atoms with van der Waals surface area (Å²) >= 11 is 0. The van der Waals surface area contributed by atoms with Crippen molar-refractivity contribution in [1.82, 2.24) is 9.97 Å². The van der Waals surface area contributed by atoms with Gasteiger partial charge in [-0.05, 0) is 37.5 Å². The van der Waals surface area contributed by atoms with Gasteiger partial charge in [0, 0.05) is 41.3 Å². The van der Waals surface area contributed by atoms with E-state index in [9.17, 15) is 9.90 Å². The molecule has 1 aromatic carbocycles. The number of ether oxygens (including phenoxy) is 1. The zero-order valence-electron chi connectivity index (χ0n) is 15.0. The smallest absolute Gasteiger partial charge is 0.133 e. The van der Waals surface area contributed by atoms with Crippen molar-refractivity contribution in [1.29, 1.82) is 0 Å². The first-order chi connectivity index (χ1) is 12.6. The highest BCUT2D eigenvalue weighted by atomic mass is 16.5. The van der Waals surface area contributed by atoms with E-state index in [4.69, 9.17) is 4.74 Å². The van der Waals surface area contributed by atoms with E-state index in [0.29, 0.717) is 5.56 Å². The van der Waals surface area contributed by atoms with Crippen LogP contribution < -0.4 is 9.84 Å². The summed E-state index contributed by atoms with van der Waals surface area (Å²) in [5, 5.41) is 10.6. The molecule has 0 amide bonds. The zero-order chi connectivity index (χ0) is 18.6. The molecule has 0 saturated heterocycles. The van der Waals surface area contributed by atoms with E-state index in [1.807, 2.05) is 12.1 Å². The molecule has 0 N–H and O–H groups in total. The minimum absolute atomic E-state index is 0.154. The summed E-state index contributed by atoms with van der Waals surface area (Å²) in [4.78, 5) is 18.5. The fourth-order valence-electron chi connectivity index (χ4n) is 3.41. The molecule has 134 valence electrons. The second kappa shape index (κ2) is 7.57. The lowest BCUT2D eigenvalue weighted by molar-refractivity contribution is -0.304. The van der Waals surface area contributed by atoms with Gasteiger partial charge in [0.2, 0.25) is 0 Å². The van der Waals surface area contributed by atoms with Gasteiger partial charge in [-0.3, -0.25) is 0 Å². The van der Waals surface area contributed by atoms with Crippen LogP contribution in [0.1, 0.15) is 55.6 Å². The predicted octanol–water partition coefficient (Wildman–Crippen LogP) is 2.01. The standard InChI is InChI=1S/C21H22N2O3/c1-3-21(4-2)9-10-26-18-8-7-15(11-17(18)21)5-6-16-13-22-19(23-14-16)12-20(24)25/h7-8,11,13-14H,3-4,9-10,12H2,1-2H3,(H,24,25)/p-1. The van der Waals surface area contributed by atoms with E-state index >= 15 is 0 Å². The first-order valence-corrected chi connectivity index (χ1v) is 8.86. The molecule has 0 aliphatic carbocycles. The quantitative estimate of drug-likeness (QED) is 0.789. The fraction of sp³-hybridized carbons (Fsp3) is 0.381. The molecule has 1 aromatic heterocycles. The van der Waals surface area contributed by atoms with Crippen molar-refractivity contribution in [2.45, 2.75) is 44.9 Å². The summed E-state index contributed by atoms with van der Waals surface area (Å²) in [7, 11) is 0. The number of benzene rings is 1. The second-order valence-corrected chi connectivity index (χ2v) is 6.48. The van der Waals surface area contributed by atoms with Crippen molar-refractivity contribution in [2.24, 2.45) is 0 Å². The van der Waals surface area contributed by atoms with Crippen LogP contribution in [0.3, 0.4) is 0 Å². The Labute approximate surface area is 153 Å². The van der Waals surface area contributed by atoms with Crippen LogP contribution in [0.5, 0.6) is 5.75 Å². The molecule has 26 heavy (non-hydrogen) atoms. The molecule has 0 atom stereocenters. The number of hydrogen-bond donors (Lipinski definition) is 0. The number of fused-ring (bicyclic) bond motifs is 1. The lowest BCUT2D eigenvalue weighted by Crippen LogP contribution is -2.31. The van der Waals surface area contributed by atoms with Crippen LogP contribution in [0.4, 0.5) is 0 Å². The highest BCUT2D eigenvalue weighted by molar-refractivity contribution is 5.66. The van der Waals surface area contributed by atoms with Gasteiger partial charge in [-0.1, -0.05) is 25.7 Å². The van der Waals surface area contributed by atoms with Crippen molar-refractivity contribution in [3.05, 3.63) is 53.1 Å². The van der Waals surface area contributed by atoms with Gasteiger partial charge in [0.15, 0.2) is 0 Å². The minimum Gasteiger partial charge on any atom is -0.550 e. The highest BCUT2D eigenvalue weighted by Gasteiger charge is 2.34. The Morgan fingerprint density at radius 1 is 1.19 bits per heavy atom. The van der Waals surface area contributed by atoms with Gasteiger partial charge in [-0.2, -0.15) is 0 Å². The molecular weight excluding hydrogens is 328 g/mol. The molecule has 5 heteroatoms. The molecule has 0 unspecified atom stereocenters. The van der Waals surface area contributed by atoms with E-state index in [0.717, 1.165) is 37.2 Å². The number of nitrogens with zero attached hydrogens (tertiary/aromatic N) is 2. The SMILES string of the molecule is CCC1(CC)CCOc2ccc(C#Cc3cnc(CC(=O)[O-])nc3)cc21. The number of carboxylic acid groups (broad SMARTS) is 1. The molecule has 2 heterocycles. The monoisotopic (exact) mass is 349 g/mol. The van der Waals surface area contributed by atoms with Crippen LogP contribution in [0.15, 0.2) is 30.6 Å². The topological polar surface area (TPSA) is 75.1 Å². The molecule has 1 aliphatic heterocycles. The summed E-state index contributed by atoms with van der Waals surface area (Å²) in [6.45, 7) is 5.21. The lowest BCUT2D eigenvalue weighted by atomic mass is 9.71. The van der Waals surface area contributed by atoms with Gasteiger partial charge >= 0.3 is 0 Å². The van der Waals surface area contributed by atoms with Gasteiger partial charge in [-0.25, -0.2) is 9.97 Å². The molecule has 1 aliphatic rings. The lowest BCUT2D eigenvalue weighted by Gasteiger charge is -2.37. The second-order valence-electron chi connectivity index (χ2n) is 6.48. The molecule has 2 aromatic rings. The summed E-state index contributed by atoms with van der Waals surface area (Å²) in [6, 6.07) is 6.08. The number of hydrogen-bond acceptors (Lipinski definition) is 5. The van der Waals surface area contributed by atoms with Crippen LogP contribution in [0.2, 0.25) is 0 Å². The summed E-state index contributed by atoms with van der Waals surface area (Å²) in [5.41, 5.74) is 2.94. The Kier molecular flexibility index (Phi) is 5.22. The van der Waals surface area contributed by atoms with Crippen LogP contribution in [0, 0.1) is 11.8 Å². The van der Waals surface area contributed by atoms with Crippen molar-refractivity contribution in [3.8, 4) is 17.6 Å². The van der Waals surface area contributed by atoms with Crippen LogP contribution in [-0.4, -0.2) is 22.5 Å². The third-order valence-electron chi connectivity index (χ3n) is 5.10. The Morgan fingerprint density at radius 2 is 1.88 bits per heavy atom. The molecular formula is C21H21N2O3-. The summed E-state index contributed by atoms with van der Waals surface area (Å²) in [5.74, 6) is 6.16. The van der Waals surface area contributed by atoms with Gasteiger partial charge in [0.05, 0.1) is 12.2 Å². The number of carbonyl (C=O) groups excluding carboxylic acids is 1. The van der Waals surface area contributed by atoms with Crippen LogP contribution >= 0.6 is 0 Å². The fourth-order valence-corrected chi connectivity index (χ4v) is 3.41. The zero-order valence-corrected chi connectivity index (χ0v) is 15.0. The maximum Gasteiger partial charge on any atom is 0.133 e. The number of carbonyl (C=O) groups is 1. The first-order valence-electron chi connectivity index (χ1n) is 8.86. The molecule has 3 rings (SSSR count). The van der Waals surface area contributed by atoms with Gasteiger partial charge < -0.3 is 14.6 Å². The first kappa shape index (κ1) is 17.9. The van der Waals surface area contributed by atoms with Crippen molar-refractivity contribution in [2.75, 3.05) is 6.61 Å². The number of aromatic nitrogens is 2. The largest absolute Gasteiger partial charge is 0.550 e. The van der Waals surface area contributed by atoms with E-state index in [2.05, 4.69) is 41.7 Å². The maximum absolute atomic E-state index is 10.6. The third-order valence-corrected chi connectivity index (χ3v) is 5.10. The normalized spacial score (nSPS) is 14.5. The van der Waals surface area contributed by atoms with Crippen LogP contribution in [-0.2, 0) is 16.6 Å². The van der Waals surface area contributed by atoms with Crippen molar-refractivity contribution >= 4 is 5.97 Å². The van der Waals surface area contributed by atoms with E-state index < -0.39 is 5.97 Å². The minimum atomic E-state index is -1.20. The Morgan fingerprint density at radius 3 is 2.54 bits per heavy atom. The summed E-state index contributed by atoms with van der Waals surface area (Å²) in [6.07, 6.45) is 5.94.